The van der Waals surface area contributed by atoms with Crippen LogP contribution in [0.2, 0.25) is 0 Å². The molecule has 4 aliphatic carbocycles. The Morgan fingerprint density at radius 1 is 0.923 bits per heavy atom. The van der Waals surface area contributed by atoms with Crippen molar-refractivity contribution in [2.24, 2.45) is 52.8 Å². The molecule has 1 aromatic rings. The molecule has 212 valence electrons. The summed E-state index contributed by atoms with van der Waals surface area (Å²) in [6.45, 7) is 9.18. The van der Waals surface area contributed by atoms with Crippen LogP contribution in [0.3, 0.4) is 0 Å². The van der Waals surface area contributed by atoms with E-state index in [9.17, 15) is 14.7 Å². The Hall–Kier alpha value is -1.72. The van der Waals surface area contributed by atoms with Gasteiger partial charge in [0, 0.05) is 31.5 Å². The van der Waals surface area contributed by atoms with Gasteiger partial charge in [-0.3, -0.25) is 9.69 Å². The van der Waals surface area contributed by atoms with Gasteiger partial charge in [0.1, 0.15) is 11.9 Å². The number of fused-ring (bicyclic) bond motifs is 8. The molecule has 12 atom stereocenters. The fourth-order valence-electron chi connectivity index (χ4n) is 11.2. The first kappa shape index (κ1) is 26.2. The summed E-state index contributed by atoms with van der Waals surface area (Å²) < 4.78 is 5.95. The predicted molar refractivity (Wildman–Crippen MR) is 150 cm³/mol. The number of carbonyl (C=O) groups excluding carboxylic acids is 2. The van der Waals surface area contributed by atoms with Gasteiger partial charge < -0.3 is 9.84 Å². The van der Waals surface area contributed by atoms with E-state index in [1.807, 2.05) is 18.2 Å². The summed E-state index contributed by atoms with van der Waals surface area (Å²) in [4.78, 5) is 29.2. The number of carbonyl (C=O) groups is 2. The minimum Gasteiger partial charge on any atom is -0.459 e. The monoisotopic (exact) mass is 533 g/mol. The van der Waals surface area contributed by atoms with Gasteiger partial charge in [-0.15, -0.1) is 0 Å². The maximum Gasteiger partial charge on any atom is 0.338 e. The van der Waals surface area contributed by atoms with Crippen LogP contribution in [0.25, 0.3) is 0 Å². The molecule has 0 radical (unpaired) electrons. The van der Waals surface area contributed by atoms with E-state index in [1.165, 1.54) is 19.3 Å². The van der Waals surface area contributed by atoms with Crippen LogP contribution in [-0.4, -0.2) is 52.6 Å². The lowest BCUT2D eigenvalue weighted by Gasteiger charge is -2.59. The standard InChI is InChI=1S/C34H47NO4/c1-20-9-12-31-34(3,38)27-11-10-23-24(26(27)19-35(31)18-20)16-28-25(23)17-30(36)29-15-22(13-14-33(28,29)2)39-32(37)21-7-5-4-6-8-21/h4-8,20,22-29,31,38H,9-19H2,1-3H3/t20-,22-,23-,24-,25-,26-,27+,28-,29+,31+,33-,34+/m1/s1. The molecule has 2 aliphatic heterocycles. The summed E-state index contributed by atoms with van der Waals surface area (Å²) in [5.74, 6) is 4.12. The van der Waals surface area contributed by atoms with E-state index in [1.54, 1.807) is 12.1 Å². The van der Waals surface area contributed by atoms with Gasteiger partial charge in [0.15, 0.2) is 0 Å². The van der Waals surface area contributed by atoms with Crippen molar-refractivity contribution in [3.63, 3.8) is 0 Å². The molecule has 5 heteroatoms. The molecule has 6 fully saturated rings. The van der Waals surface area contributed by atoms with Crippen LogP contribution in [-0.2, 0) is 9.53 Å². The minimum atomic E-state index is -0.606. The van der Waals surface area contributed by atoms with Crippen molar-refractivity contribution in [3.05, 3.63) is 35.9 Å². The molecule has 2 heterocycles. The lowest BCUT2D eigenvalue weighted by Crippen LogP contribution is -2.67. The molecule has 4 saturated carbocycles. The third-order valence-electron chi connectivity index (χ3n) is 13.1. The second-order valence-corrected chi connectivity index (χ2v) is 15.0. The van der Waals surface area contributed by atoms with E-state index in [-0.39, 0.29) is 23.4 Å². The molecular weight excluding hydrogens is 486 g/mol. The Balaban J connectivity index is 1.10. The van der Waals surface area contributed by atoms with E-state index in [0.717, 1.165) is 38.8 Å². The SMILES string of the molecule is C[C@@H]1CC[C@@H]2N(C1)C[C@@H]1[C@@H]3C[C@@H]4[C@H](CC(=O)[C@@H]5C[C@H](OC(=O)c6ccccc6)CC[C@]45C)[C@@H]3CC[C@@H]1[C@]2(C)O. The number of benzene rings is 1. The molecule has 0 bridgehead atoms. The first-order valence-corrected chi connectivity index (χ1v) is 15.9. The molecule has 0 amide bonds. The van der Waals surface area contributed by atoms with E-state index in [2.05, 4.69) is 25.7 Å². The highest BCUT2D eigenvalue weighted by Gasteiger charge is 2.64. The van der Waals surface area contributed by atoms with Crippen LogP contribution in [0.4, 0.5) is 0 Å². The number of Topliss-reactive ketones (excluding diaryl/α,β-unsaturated/α-hetero) is 1. The third-order valence-corrected chi connectivity index (χ3v) is 13.1. The van der Waals surface area contributed by atoms with Crippen molar-refractivity contribution in [1.82, 2.24) is 4.90 Å². The summed E-state index contributed by atoms with van der Waals surface area (Å²) in [6.07, 6.45) is 8.91. The molecule has 1 N–H and O–H groups in total. The smallest absolute Gasteiger partial charge is 0.338 e. The molecule has 0 aromatic heterocycles. The zero-order valence-corrected chi connectivity index (χ0v) is 24.1. The van der Waals surface area contributed by atoms with Crippen LogP contribution in [0.15, 0.2) is 30.3 Å². The van der Waals surface area contributed by atoms with Gasteiger partial charge in [-0.25, -0.2) is 4.79 Å². The van der Waals surface area contributed by atoms with Crippen LogP contribution >= 0.6 is 0 Å². The van der Waals surface area contributed by atoms with Crippen molar-refractivity contribution in [2.45, 2.75) is 96.3 Å². The first-order chi connectivity index (χ1) is 18.7. The van der Waals surface area contributed by atoms with Gasteiger partial charge >= 0.3 is 5.97 Å². The highest BCUT2D eigenvalue weighted by atomic mass is 16.5. The highest BCUT2D eigenvalue weighted by molar-refractivity contribution is 5.89. The summed E-state index contributed by atoms with van der Waals surface area (Å²) in [6, 6.07) is 9.54. The third kappa shape index (κ3) is 4.08. The van der Waals surface area contributed by atoms with Gasteiger partial charge in [0.2, 0.25) is 0 Å². The Labute approximate surface area is 234 Å². The van der Waals surface area contributed by atoms with E-state index >= 15 is 0 Å². The fourth-order valence-corrected chi connectivity index (χ4v) is 11.2. The Kier molecular flexibility index (Phi) is 6.32. The predicted octanol–water partition coefficient (Wildman–Crippen LogP) is 5.75. The van der Waals surface area contributed by atoms with Gasteiger partial charge in [0.05, 0.1) is 11.2 Å². The zero-order valence-electron chi connectivity index (χ0n) is 24.1. The average molecular weight is 534 g/mol. The molecular formula is C34H47NO4. The number of nitrogens with zero attached hydrogens (tertiary/aromatic N) is 1. The second kappa shape index (κ2) is 9.41. The molecule has 0 unspecified atom stereocenters. The number of piperidine rings is 2. The fraction of sp³-hybridized carbons (Fsp3) is 0.765. The zero-order chi connectivity index (χ0) is 27.1. The van der Waals surface area contributed by atoms with E-state index < -0.39 is 5.60 Å². The quantitative estimate of drug-likeness (QED) is 0.490. The van der Waals surface area contributed by atoms with Crippen molar-refractivity contribution in [3.8, 4) is 0 Å². The van der Waals surface area contributed by atoms with Gasteiger partial charge in [-0.1, -0.05) is 32.0 Å². The van der Waals surface area contributed by atoms with Crippen molar-refractivity contribution in [2.75, 3.05) is 13.1 Å². The summed E-state index contributed by atoms with van der Waals surface area (Å²) in [5, 5.41) is 12.0. The van der Waals surface area contributed by atoms with Crippen LogP contribution < -0.4 is 0 Å². The van der Waals surface area contributed by atoms with Crippen molar-refractivity contribution >= 4 is 11.8 Å². The number of hydrogen-bond acceptors (Lipinski definition) is 5. The largest absolute Gasteiger partial charge is 0.459 e. The summed E-state index contributed by atoms with van der Waals surface area (Å²) in [5.41, 5.74) is -0.0175. The normalized spacial score (nSPS) is 49.2. The molecule has 39 heavy (non-hydrogen) atoms. The number of esters is 1. The molecule has 0 spiro atoms. The van der Waals surface area contributed by atoms with Gasteiger partial charge in [-0.05, 0) is 117 Å². The number of hydrogen-bond donors (Lipinski definition) is 1. The lowest BCUT2D eigenvalue weighted by atomic mass is 9.51. The van der Waals surface area contributed by atoms with Gasteiger partial charge in [-0.2, -0.15) is 0 Å². The lowest BCUT2D eigenvalue weighted by molar-refractivity contribution is -0.175. The highest BCUT2D eigenvalue weighted by Crippen LogP contribution is 2.66. The Bertz CT molecular complexity index is 1120. The summed E-state index contributed by atoms with van der Waals surface area (Å²) >= 11 is 0. The molecule has 5 nitrogen and oxygen atoms in total. The number of rotatable bonds is 2. The maximum atomic E-state index is 13.8. The van der Waals surface area contributed by atoms with Crippen molar-refractivity contribution in [1.29, 1.82) is 0 Å². The van der Waals surface area contributed by atoms with Crippen molar-refractivity contribution < 1.29 is 19.4 Å². The van der Waals surface area contributed by atoms with Crippen LogP contribution in [0.5, 0.6) is 0 Å². The maximum absolute atomic E-state index is 13.8. The number of aliphatic hydroxyl groups is 1. The van der Waals surface area contributed by atoms with Gasteiger partial charge in [0.25, 0.3) is 0 Å². The minimum absolute atomic E-state index is 0.00110. The van der Waals surface area contributed by atoms with E-state index in [0.29, 0.717) is 71.7 Å². The Morgan fingerprint density at radius 3 is 2.51 bits per heavy atom. The molecule has 6 aliphatic rings. The average Bonchev–Trinajstić information content (AvgIpc) is 3.29. The van der Waals surface area contributed by atoms with E-state index in [4.69, 9.17) is 4.74 Å². The summed E-state index contributed by atoms with van der Waals surface area (Å²) in [7, 11) is 0. The molecule has 1 aromatic carbocycles. The number of ether oxygens (including phenoxy) is 1. The first-order valence-electron chi connectivity index (χ1n) is 15.9. The number of ketones is 1. The second-order valence-electron chi connectivity index (χ2n) is 15.0. The topological polar surface area (TPSA) is 66.8 Å². The molecule has 2 saturated heterocycles. The van der Waals surface area contributed by atoms with Crippen LogP contribution in [0.1, 0.15) is 88.9 Å². The molecule has 7 rings (SSSR count). The Morgan fingerprint density at radius 2 is 1.72 bits per heavy atom. The van der Waals surface area contributed by atoms with Crippen LogP contribution in [0, 0.1) is 52.8 Å².